The van der Waals surface area contributed by atoms with Gasteiger partial charge in [-0.25, -0.2) is 43.9 Å². The van der Waals surface area contributed by atoms with Gasteiger partial charge in [-0.2, -0.15) is 0 Å². The van der Waals surface area contributed by atoms with Gasteiger partial charge in [0.05, 0.1) is 62.9 Å². The Labute approximate surface area is 851 Å². The summed E-state index contributed by atoms with van der Waals surface area (Å²) in [5.74, 6) is -3.93. The first kappa shape index (κ1) is 119. The Bertz CT molecular complexity index is 4740. The number of benzene rings is 8. The van der Waals surface area contributed by atoms with Gasteiger partial charge in [0.2, 0.25) is 0 Å². The standard InChI is InChI=1S/3C13H18ClFN2O.C13H19ClN2O.3C13H18F2N2O.C13H19FN2O/c1-18-3-2-17-7-12(13(16)8-17)9-4-10(14)6-11(15)5-9;1-18-5-4-17-7-10(13(16)8-17)9-2-3-12(15)11(14)6-9;1-18-5-4-17-7-10(13(16)8-17)9-2-3-11(14)12(15)6-9;1-17-6-5-16-8-12(13(15)9-16)10-3-2-4-11(14)7-10;1-18-3-2-17-7-12(13(16)8-17)9-4-10(14)6-11(15)5-9;1-18-5-4-17-7-10(13(16)8-17)9-2-3-11(14)12(15)6-9;1-18-5-4-17-7-11(13(16)8-17)10-3-2-9(14)6-12(10)15;1-17-7-6-16-8-12(13(15)9-16)10-2-4-11(14)5-3-10/h4-6,12-13H,2-3,7-8,16H2,1H3;2*2-3,6,10,13H,4-5,7-8,16H2,1H3;2-4,7,12-13H,5-6,8-9,15H2,1H3;4-6,12-13H,2-3,7-8,16H2,1H3;2-3,6,10,13H,4-5,7-8,16H2,1H3;2-3,6,11,13H,4-5,7-8,16H2,1H3;2-5,12-13H,6-9,15H2,1H3/t12-,13+;2*10-,13+;2*12-,13+;10-,13+;11-,13+;12-,13+/m00000000/s1. The zero-order valence-corrected chi connectivity index (χ0v) is 85.7. The maximum atomic E-state index is 13.7. The Morgan fingerprint density at radius 3 is 0.831 bits per heavy atom. The molecule has 142 heavy (non-hydrogen) atoms. The van der Waals surface area contributed by atoms with Gasteiger partial charge in [-0.15, -0.1) is 0 Å². The van der Waals surface area contributed by atoms with E-state index in [1.807, 2.05) is 36.4 Å². The first-order valence-corrected chi connectivity index (χ1v) is 49.6. The zero-order chi connectivity index (χ0) is 103. The topological polar surface area (TPSA) is 308 Å². The van der Waals surface area contributed by atoms with Crippen LogP contribution in [0.15, 0.2) is 158 Å². The number of nitrogens with zero attached hydrogens (tertiary/aromatic N) is 8. The van der Waals surface area contributed by atoms with E-state index in [1.54, 1.807) is 87.2 Å². The maximum Gasteiger partial charge on any atom is 0.159 e. The fraction of sp³-hybridized carbons (Fsp3) is 0.538. The quantitative estimate of drug-likeness (QED) is 0.0182. The van der Waals surface area contributed by atoms with Crippen molar-refractivity contribution in [2.45, 2.75) is 95.7 Å². The average molecular weight is 2080 g/mol. The molecule has 0 aromatic heterocycles. The minimum absolute atomic E-state index is 0.0136. The molecule has 38 heteroatoms. The number of nitrogens with two attached hydrogens (primary N) is 8. The highest BCUT2D eigenvalue weighted by molar-refractivity contribution is 6.31. The number of likely N-dealkylation sites (tertiary alicyclic amines) is 8. The molecule has 24 nitrogen and oxygen atoms in total. The Morgan fingerprint density at radius 2 is 0.500 bits per heavy atom. The van der Waals surface area contributed by atoms with E-state index in [2.05, 4.69) is 45.3 Å². The van der Waals surface area contributed by atoms with Crippen LogP contribution in [0.3, 0.4) is 0 Å². The first-order valence-electron chi connectivity index (χ1n) is 48.0. The summed E-state index contributed by atoms with van der Waals surface area (Å²) in [6.07, 6.45) is 0. The molecule has 8 fully saturated rings. The van der Waals surface area contributed by atoms with E-state index in [0.717, 1.165) is 202 Å². The highest BCUT2D eigenvalue weighted by Crippen LogP contribution is 2.37. The number of ether oxygens (including phenoxy) is 8. The van der Waals surface area contributed by atoms with E-state index in [0.29, 0.717) is 87.3 Å². The Balaban J connectivity index is 0.000000181. The Hall–Kier alpha value is -6.74. The van der Waals surface area contributed by atoms with Crippen molar-refractivity contribution in [3.8, 4) is 0 Å². The minimum atomic E-state index is -0.818. The molecule has 8 aliphatic heterocycles. The second kappa shape index (κ2) is 61.3. The predicted octanol–water partition coefficient (Wildman–Crippen LogP) is 12.5. The first-order chi connectivity index (χ1) is 68.1. The van der Waals surface area contributed by atoms with E-state index in [4.69, 9.17) is 130 Å². The molecule has 0 spiro atoms. The molecule has 16 atom stereocenters. The summed E-state index contributed by atoms with van der Waals surface area (Å²) in [4.78, 5) is 17.9. The molecule has 16 N–H and O–H groups in total. The fourth-order valence-corrected chi connectivity index (χ4v) is 20.1. The third-order valence-electron chi connectivity index (χ3n) is 27.1. The van der Waals surface area contributed by atoms with Crippen molar-refractivity contribution in [2.24, 2.45) is 45.9 Å². The molecule has 0 bridgehead atoms. The van der Waals surface area contributed by atoms with Gasteiger partial charge in [-0.05, 0) is 142 Å². The summed E-state index contributed by atoms with van der Waals surface area (Å²) in [6.45, 7) is 25.4. The average Bonchev–Trinajstić information content (AvgIpc) is 1.65. The van der Waals surface area contributed by atoms with Crippen molar-refractivity contribution in [1.82, 2.24) is 39.2 Å². The van der Waals surface area contributed by atoms with Crippen LogP contribution in [0.25, 0.3) is 0 Å². The molecule has 0 unspecified atom stereocenters. The number of halogens is 14. The van der Waals surface area contributed by atoms with Crippen LogP contribution in [0.1, 0.15) is 91.9 Å². The van der Waals surface area contributed by atoms with Gasteiger partial charge in [-0.3, -0.25) is 39.2 Å². The lowest BCUT2D eigenvalue weighted by atomic mass is 9.94. The van der Waals surface area contributed by atoms with Gasteiger partial charge in [0, 0.05) is 332 Å². The molecule has 8 aliphatic rings. The molecule has 0 saturated carbocycles. The Morgan fingerprint density at radius 1 is 0.218 bits per heavy atom. The zero-order valence-electron chi connectivity index (χ0n) is 82.6. The molecular formula is C104H146Cl4F10N16O8. The fourth-order valence-electron chi connectivity index (χ4n) is 19.4. The normalized spacial score (nSPS) is 24.8. The minimum Gasteiger partial charge on any atom is -0.383 e. The van der Waals surface area contributed by atoms with Gasteiger partial charge in [0.25, 0.3) is 0 Å². The van der Waals surface area contributed by atoms with E-state index >= 15 is 0 Å². The van der Waals surface area contributed by atoms with Crippen LogP contribution in [-0.2, 0) is 37.9 Å². The SMILES string of the molecule is COCCN1C[C@@H](N)[C@H](c2cc(F)cc(Cl)c2)C1.COCCN1C[C@@H](N)[C@H](c2cc(F)cc(F)c2)C1.COCCN1C[C@@H](N)[C@H](c2ccc(Cl)c(F)c2)C1.COCCN1C[C@@H](N)[C@H](c2ccc(F)c(Cl)c2)C1.COCCN1C[C@@H](N)[C@H](c2ccc(F)c(F)c2)C1.COCCN1C[C@@H](N)[C@H](c2ccc(F)cc2)C1.COCCN1C[C@@H](N)[C@H](c2ccc(F)cc2F)C1.COCCN1C[C@@H](N)[C@H](c2cccc(Cl)c2)C1. The van der Waals surface area contributed by atoms with Gasteiger partial charge < -0.3 is 83.8 Å². The monoisotopic (exact) mass is 2080 g/mol. The van der Waals surface area contributed by atoms with Crippen LogP contribution in [0, 0.1) is 58.2 Å². The summed E-state index contributed by atoms with van der Waals surface area (Å²) in [5.41, 5.74) is 56.0. The highest BCUT2D eigenvalue weighted by atomic mass is 35.5. The number of rotatable bonds is 32. The van der Waals surface area contributed by atoms with E-state index in [1.165, 1.54) is 72.3 Å². The van der Waals surface area contributed by atoms with Crippen molar-refractivity contribution in [2.75, 3.05) is 267 Å². The summed E-state index contributed by atoms with van der Waals surface area (Å²) in [6, 6.07) is 40.6. The number of hydrogen-bond acceptors (Lipinski definition) is 24. The number of methoxy groups -OCH3 is 8. The highest BCUT2D eigenvalue weighted by Gasteiger charge is 2.39. The van der Waals surface area contributed by atoms with Crippen molar-refractivity contribution in [3.63, 3.8) is 0 Å². The molecular weight excluding hydrogens is 1930 g/mol. The molecule has 0 aliphatic carbocycles. The Kier molecular flexibility index (Phi) is 51.3. The van der Waals surface area contributed by atoms with Crippen LogP contribution in [-0.4, -0.2) is 354 Å². The molecule has 8 aromatic rings. The summed E-state index contributed by atoms with van der Waals surface area (Å²) < 4.78 is 172. The molecule has 8 heterocycles. The lowest BCUT2D eigenvalue weighted by Crippen LogP contribution is -2.30. The lowest BCUT2D eigenvalue weighted by Gasteiger charge is -2.16. The van der Waals surface area contributed by atoms with Crippen molar-refractivity contribution < 1.29 is 81.8 Å². The predicted molar refractivity (Wildman–Crippen MR) is 543 cm³/mol. The van der Waals surface area contributed by atoms with E-state index < -0.39 is 34.9 Å². The second-order valence-electron chi connectivity index (χ2n) is 37.4. The summed E-state index contributed by atoms with van der Waals surface area (Å²) >= 11 is 23.4. The van der Waals surface area contributed by atoms with Crippen LogP contribution in [0.2, 0.25) is 20.1 Å². The third-order valence-corrected chi connectivity index (χ3v) is 28.1. The second-order valence-corrected chi connectivity index (χ2v) is 39.1. The summed E-state index contributed by atoms with van der Waals surface area (Å²) in [5, 5.41) is 1.52. The molecule has 788 valence electrons. The third kappa shape index (κ3) is 37.5. The van der Waals surface area contributed by atoms with Crippen molar-refractivity contribution in [3.05, 3.63) is 280 Å². The molecule has 8 aromatic carbocycles. The van der Waals surface area contributed by atoms with Gasteiger partial charge >= 0.3 is 0 Å². The van der Waals surface area contributed by atoms with Crippen molar-refractivity contribution >= 4 is 46.4 Å². The summed E-state index contributed by atoms with van der Waals surface area (Å²) in [7, 11) is 13.4. The molecule has 16 rings (SSSR count). The van der Waals surface area contributed by atoms with Crippen molar-refractivity contribution in [1.29, 1.82) is 0 Å². The smallest absolute Gasteiger partial charge is 0.159 e. The molecule has 0 radical (unpaired) electrons. The van der Waals surface area contributed by atoms with E-state index in [-0.39, 0.29) is 117 Å². The molecule has 0 amide bonds. The largest absolute Gasteiger partial charge is 0.383 e. The van der Waals surface area contributed by atoms with Crippen LogP contribution < -0.4 is 45.9 Å². The van der Waals surface area contributed by atoms with Crippen LogP contribution >= 0.6 is 46.4 Å². The number of hydrogen-bond donors (Lipinski definition) is 8. The maximum absolute atomic E-state index is 13.7. The van der Waals surface area contributed by atoms with Gasteiger partial charge in [0.1, 0.15) is 46.5 Å². The van der Waals surface area contributed by atoms with Gasteiger partial charge in [-0.1, -0.05) is 94.9 Å². The van der Waals surface area contributed by atoms with Gasteiger partial charge in [0.15, 0.2) is 11.6 Å². The van der Waals surface area contributed by atoms with E-state index in [9.17, 15) is 43.9 Å². The lowest BCUT2D eigenvalue weighted by molar-refractivity contribution is 0.159. The van der Waals surface area contributed by atoms with Crippen LogP contribution in [0.4, 0.5) is 43.9 Å². The molecule has 8 saturated heterocycles. The van der Waals surface area contributed by atoms with Crippen LogP contribution in [0.5, 0.6) is 0 Å².